The summed E-state index contributed by atoms with van der Waals surface area (Å²) in [5, 5.41) is 0. The number of esters is 1. The summed E-state index contributed by atoms with van der Waals surface area (Å²) in [6, 6.07) is 0. The van der Waals surface area contributed by atoms with Crippen LogP contribution < -0.4 is 21.9 Å². The van der Waals surface area contributed by atoms with Crippen LogP contribution in [-0.2, 0) is 9.53 Å². The molecule has 0 rings (SSSR count). The van der Waals surface area contributed by atoms with Gasteiger partial charge in [-0.1, -0.05) is 19.9 Å². The maximum absolute atomic E-state index is 11.1. The Morgan fingerprint density at radius 1 is 1.50 bits per heavy atom. The molecule has 1 unspecified atom stereocenters. The highest BCUT2D eigenvalue weighted by atomic mass is 79.9. The van der Waals surface area contributed by atoms with E-state index >= 15 is 0 Å². The van der Waals surface area contributed by atoms with Crippen LogP contribution in [0.2, 0.25) is 0 Å². The third-order valence-electron chi connectivity index (χ3n) is 2.23. The van der Waals surface area contributed by atoms with Crippen molar-refractivity contribution in [2.75, 3.05) is 20.1 Å². The standard InChI is InChI=1S/C12H23NO2.BrH/c1-6-8-9-13(5)10-12(3,4)15-11(14)7-2;/h7H,2,6,8-10H2,1,3-5H3;1H. The molecule has 16 heavy (non-hydrogen) atoms. The molecule has 0 aliphatic carbocycles. The van der Waals surface area contributed by atoms with Crippen LogP contribution in [0.3, 0.4) is 0 Å². The van der Waals surface area contributed by atoms with Crippen LogP contribution in [0, 0.1) is 0 Å². The topological polar surface area (TPSA) is 30.7 Å². The van der Waals surface area contributed by atoms with Crippen LogP contribution in [0.25, 0.3) is 0 Å². The molecule has 96 valence electrons. The molecule has 0 saturated heterocycles. The fraction of sp³-hybridized carbons (Fsp3) is 0.750. The monoisotopic (exact) mass is 293 g/mol. The maximum Gasteiger partial charge on any atom is 0.330 e. The Hall–Kier alpha value is -0.350. The predicted octanol–water partition coefficient (Wildman–Crippen LogP) is -2.19. The van der Waals surface area contributed by atoms with Crippen molar-refractivity contribution in [2.45, 2.75) is 39.2 Å². The highest BCUT2D eigenvalue weighted by Crippen LogP contribution is 2.06. The first-order chi connectivity index (χ1) is 6.91. The molecular formula is C12H24BrNO2. The summed E-state index contributed by atoms with van der Waals surface area (Å²) in [5.41, 5.74) is -0.414. The molecule has 0 heterocycles. The number of hydrogen-bond acceptors (Lipinski definition) is 2. The summed E-state index contributed by atoms with van der Waals surface area (Å²) < 4.78 is 5.26. The molecule has 0 aliphatic rings. The zero-order valence-corrected chi connectivity index (χ0v) is 12.4. The molecule has 0 fully saturated rings. The predicted molar refractivity (Wildman–Crippen MR) is 61.9 cm³/mol. The molecule has 0 aromatic carbocycles. The van der Waals surface area contributed by atoms with Gasteiger partial charge in [0.05, 0.1) is 13.6 Å². The van der Waals surface area contributed by atoms with Gasteiger partial charge in [-0.3, -0.25) is 0 Å². The van der Waals surface area contributed by atoms with E-state index in [-0.39, 0.29) is 23.0 Å². The number of likely N-dealkylation sites (N-methyl/N-ethyl adjacent to an activating group) is 1. The van der Waals surface area contributed by atoms with Gasteiger partial charge in [0.2, 0.25) is 0 Å². The summed E-state index contributed by atoms with van der Waals surface area (Å²) >= 11 is 0. The number of quaternary nitrogens is 1. The quantitative estimate of drug-likeness (QED) is 0.427. The van der Waals surface area contributed by atoms with Gasteiger partial charge in [-0.05, 0) is 20.3 Å². The number of carbonyl (C=O) groups excluding carboxylic acids is 1. The summed E-state index contributed by atoms with van der Waals surface area (Å²) in [5.74, 6) is -0.344. The van der Waals surface area contributed by atoms with Gasteiger partial charge < -0.3 is 26.6 Å². The van der Waals surface area contributed by atoms with Gasteiger partial charge in [-0.2, -0.15) is 0 Å². The zero-order chi connectivity index (χ0) is 11.9. The van der Waals surface area contributed by atoms with Gasteiger partial charge >= 0.3 is 5.97 Å². The highest BCUT2D eigenvalue weighted by Gasteiger charge is 2.26. The molecule has 0 saturated carbocycles. The molecule has 1 N–H and O–H groups in total. The van der Waals surface area contributed by atoms with E-state index in [2.05, 4.69) is 20.6 Å². The van der Waals surface area contributed by atoms with Gasteiger partial charge in [-0.15, -0.1) is 0 Å². The van der Waals surface area contributed by atoms with E-state index < -0.39 is 5.60 Å². The van der Waals surface area contributed by atoms with Crippen molar-refractivity contribution in [3.05, 3.63) is 12.7 Å². The maximum atomic E-state index is 11.1. The minimum Gasteiger partial charge on any atom is -1.00 e. The lowest BCUT2D eigenvalue weighted by molar-refractivity contribution is -0.885. The van der Waals surface area contributed by atoms with Crippen molar-refractivity contribution < 1.29 is 31.4 Å². The minimum absolute atomic E-state index is 0. The van der Waals surface area contributed by atoms with Crippen molar-refractivity contribution in [3.63, 3.8) is 0 Å². The molecule has 0 aromatic heterocycles. The molecule has 0 radical (unpaired) electrons. The first-order valence-corrected chi connectivity index (χ1v) is 5.58. The third kappa shape index (κ3) is 8.92. The second kappa shape index (κ2) is 8.76. The molecular weight excluding hydrogens is 270 g/mol. The number of hydrogen-bond donors (Lipinski definition) is 1. The molecule has 0 spiro atoms. The summed E-state index contributed by atoms with van der Waals surface area (Å²) in [7, 11) is 2.12. The van der Waals surface area contributed by atoms with Gasteiger partial charge in [-0.25, -0.2) is 4.79 Å². The van der Waals surface area contributed by atoms with Gasteiger partial charge in [0.25, 0.3) is 0 Å². The number of rotatable bonds is 7. The van der Waals surface area contributed by atoms with E-state index in [4.69, 9.17) is 4.74 Å². The number of nitrogens with one attached hydrogen (secondary N) is 1. The highest BCUT2D eigenvalue weighted by molar-refractivity contribution is 5.81. The average Bonchev–Trinajstić information content (AvgIpc) is 2.12. The summed E-state index contributed by atoms with van der Waals surface area (Å²) in [4.78, 5) is 12.5. The van der Waals surface area contributed by atoms with Crippen molar-refractivity contribution in [1.29, 1.82) is 0 Å². The van der Waals surface area contributed by atoms with Crippen LogP contribution in [0.15, 0.2) is 12.7 Å². The first kappa shape index (κ1) is 18.0. The Morgan fingerprint density at radius 2 is 2.06 bits per heavy atom. The molecule has 0 aliphatic heterocycles. The summed E-state index contributed by atoms with van der Waals surface area (Å²) in [6.45, 7) is 11.4. The normalized spacial score (nSPS) is 12.5. The third-order valence-corrected chi connectivity index (χ3v) is 2.23. The van der Waals surface area contributed by atoms with Gasteiger partial charge in [0.15, 0.2) is 5.60 Å². The Balaban J connectivity index is 0. The minimum atomic E-state index is -0.414. The fourth-order valence-corrected chi connectivity index (χ4v) is 1.64. The molecule has 0 bridgehead atoms. The Kier molecular flexibility index (Phi) is 9.87. The number of ether oxygens (including phenoxy) is 1. The second-order valence-electron chi connectivity index (χ2n) is 4.62. The lowest BCUT2D eigenvalue weighted by atomic mass is 10.1. The van der Waals surface area contributed by atoms with E-state index in [9.17, 15) is 4.79 Å². The van der Waals surface area contributed by atoms with Crippen LogP contribution in [-0.4, -0.2) is 31.7 Å². The molecule has 4 heteroatoms. The Morgan fingerprint density at radius 3 is 2.50 bits per heavy atom. The van der Waals surface area contributed by atoms with Gasteiger partial charge in [0.1, 0.15) is 6.54 Å². The number of carbonyl (C=O) groups is 1. The van der Waals surface area contributed by atoms with E-state index in [1.165, 1.54) is 23.8 Å². The van der Waals surface area contributed by atoms with E-state index in [0.29, 0.717) is 0 Å². The molecule has 0 aromatic rings. The van der Waals surface area contributed by atoms with Crippen molar-refractivity contribution >= 4 is 5.97 Å². The average molecular weight is 294 g/mol. The first-order valence-electron chi connectivity index (χ1n) is 5.58. The smallest absolute Gasteiger partial charge is 0.330 e. The number of halogens is 1. The Labute approximate surface area is 110 Å². The second-order valence-corrected chi connectivity index (χ2v) is 4.62. The molecule has 3 nitrogen and oxygen atoms in total. The van der Waals surface area contributed by atoms with Crippen LogP contribution in [0.5, 0.6) is 0 Å². The van der Waals surface area contributed by atoms with Gasteiger partial charge in [0, 0.05) is 6.08 Å². The Bertz CT molecular complexity index is 217. The largest absolute Gasteiger partial charge is 1.00 e. The molecule has 1 atom stereocenters. The SMILES string of the molecule is C=CC(=O)OC(C)(C)C[NH+](C)CCCC.[Br-]. The van der Waals surface area contributed by atoms with E-state index in [1.807, 2.05) is 13.8 Å². The van der Waals surface area contributed by atoms with E-state index in [0.717, 1.165) is 13.1 Å². The van der Waals surface area contributed by atoms with Crippen molar-refractivity contribution in [2.24, 2.45) is 0 Å². The van der Waals surface area contributed by atoms with Crippen molar-refractivity contribution in [3.8, 4) is 0 Å². The lowest BCUT2D eigenvalue weighted by Gasteiger charge is -2.27. The molecule has 0 amide bonds. The van der Waals surface area contributed by atoms with Crippen LogP contribution >= 0.6 is 0 Å². The number of unbranched alkanes of at least 4 members (excludes halogenated alkanes) is 1. The van der Waals surface area contributed by atoms with Crippen LogP contribution in [0.1, 0.15) is 33.6 Å². The lowest BCUT2D eigenvalue weighted by Crippen LogP contribution is -3.11. The summed E-state index contributed by atoms with van der Waals surface area (Å²) in [6.07, 6.45) is 3.62. The fourth-order valence-electron chi connectivity index (χ4n) is 1.64. The van der Waals surface area contributed by atoms with Crippen LogP contribution in [0.4, 0.5) is 0 Å². The zero-order valence-electron chi connectivity index (χ0n) is 10.8. The van der Waals surface area contributed by atoms with E-state index in [1.54, 1.807) is 0 Å². The van der Waals surface area contributed by atoms with Crippen molar-refractivity contribution in [1.82, 2.24) is 0 Å².